The first kappa shape index (κ1) is 19.1. The minimum atomic E-state index is -3.54. The number of benzene rings is 1. The zero-order chi connectivity index (χ0) is 18.6. The topological polar surface area (TPSA) is 76.2 Å². The second-order valence-corrected chi connectivity index (χ2v) is 8.69. The van der Waals surface area contributed by atoms with Gasteiger partial charge in [-0.15, -0.1) is 0 Å². The third kappa shape index (κ3) is 4.36. The van der Waals surface area contributed by atoms with Gasteiger partial charge in [-0.2, -0.15) is 4.31 Å². The first-order valence-electron chi connectivity index (χ1n) is 9.00. The van der Waals surface area contributed by atoms with Crippen LogP contribution in [-0.4, -0.2) is 70.0 Å². The molecule has 3 rings (SSSR count). The summed E-state index contributed by atoms with van der Waals surface area (Å²) in [5, 5.41) is 0. The Hall–Kier alpha value is -1.64. The van der Waals surface area contributed by atoms with Crippen molar-refractivity contribution in [1.29, 1.82) is 0 Å². The average Bonchev–Trinajstić information content (AvgIpc) is 2.69. The first-order chi connectivity index (χ1) is 12.5. The summed E-state index contributed by atoms with van der Waals surface area (Å²) >= 11 is 0. The molecule has 0 aromatic heterocycles. The van der Waals surface area contributed by atoms with Crippen LogP contribution in [-0.2, 0) is 19.6 Å². The van der Waals surface area contributed by atoms with Crippen molar-refractivity contribution >= 4 is 15.9 Å². The minimum Gasteiger partial charge on any atom is -0.497 e. The highest BCUT2D eigenvalue weighted by atomic mass is 32.2. The molecule has 26 heavy (non-hydrogen) atoms. The molecule has 0 saturated carbocycles. The second kappa shape index (κ2) is 8.37. The van der Waals surface area contributed by atoms with Crippen LogP contribution in [0.5, 0.6) is 5.75 Å². The quantitative estimate of drug-likeness (QED) is 0.768. The zero-order valence-electron chi connectivity index (χ0n) is 15.1. The van der Waals surface area contributed by atoms with E-state index in [9.17, 15) is 13.2 Å². The van der Waals surface area contributed by atoms with E-state index in [0.29, 0.717) is 45.0 Å². The number of methoxy groups -OCH3 is 1. The van der Waals surface area contributed by atoms with E-state index in [1.54, 1.807) is 36.3 Å². The predicted molar refractivity (Wildman–Crippen MR) is 96.5 cm³/mol. The summed E-state index contributed by atoms with van der Waals surface area (Å²) in [6.07, 6.45) is 2.52. The molecule has 1 aromatic rings. The molecule has 0 spiro atoms. The molecule has 2 aliphatic rings. The first-order valence-corrected chi connectivity index (χ1v) is 10.4. The number of piperazine rings is 1. The van der Waals surface area contributed by atoms with Gasteiger partial charge < -0.3 is 14.4 Å². The Morgan fingerprint density at radius 1 is 1.19 bits per heavy atom. The maximum atomic E-state index is 12.7. The molecule has 8 heteroatoms. The molecule has 7 nitrogen and oxygen atoms in total. The summed E-state index contributed by atoms with van der Waals surface area (Å²) in [5.41, 5.74) is 0. The highest BCUT2D eigenvalue weighted by Crippen LogP contribution is 2.22. The molecule has 2 fully saturated rings. The lowest BCUT2D eigenvalue weighted by Crippen LogP contribution is -2.50. The number of rotatable bonds is 5. The van der Waals surface area contributed by atoms with Crippen molar-refractivity contribution in [2.75, 3.05) is 46.5 Å². The summed E-state index contributed by atoms with van der Waals surface area (Å²) in [7, 11) is -2.00. The van der Waals surface area contributed by atoms with Gasteiger partial charge in [0.2, 0.25) is 15.9 Å². The summed E-state index contributed by atoms with van der Waals surface area (Å²) in [5.74, 6) is 1.00. The predicted octanol–water partition coefficient (Wildman–Crippen LogP) is 1.34. The van der Waals surface area contributed by atoms with Crippen LogP contribution in [0.4, 0.5) is 0 Å². The summed E-state index contributed by atoms with van der Waals surface area (Å²) in [6.45, 7) is 2.94. The number of carbonyl (C=O) groups is 1. The highest BCUT2D eigenvalue weighted by molar-refractivity contribution is 7.89. The molecule has 1 unspecified atom stereocenters. The van der Waals surface area contributed by atoms with E-state index in [2.05, 4.69) is 0 Å². The van der Waals surface area contributed by atoms with Gasteiger partial charge in [-0.05, 0) is 43.0 Å². The van der Waals surface area contributed by atoms with Gasteiger partial charge >= 0.3 is 0 Å². The van der Waals surface area contributed by atoms with Crippen molar-refractivity contribution in [3.8, 4) is 5.75 Å². The monoisotopic (exact) mass is 382 g/mol. The minimum absolute atomic E-state index is 0.0991. The van der Waals surface area contributed by atoms with Gasteiger partial charge in [-0.3, -0.25) is 4.79 Å². The molecule has 0 bridgehead atoms. The molecule has 0 radical (unpaired) electrons. The van der Waals surface area contributed by atoms with Gasteiger partial charge in [0, 0.05) is 45.8 Å². The molecule has 2 heterocycles. The van der Waals surface area contributed by atoms with Gasteiger partial charge in [0.15, 0.2) is 0 Å². The molecule has 1 atom stereocenters. The Labute approximate surface area is 154 Å². The Bertz CT molecular complexity index is 706. The van der Waals surface area contributed by atoms with E-state index < -0.39 is 10.0 Å². The van der Waals surface area contributed by atoms with E-state index in [-0.39, 0.29) is 16.7 Å². The maximum Gasteiger partial charge on any atom is 0.243 e. The van der Waals surface area contributed by atoms with Crippen LogP contribution >= 0.6 is 0 Å². The van der Waals surface area contributed by atoms with Crippen LogP contribution < -0.4 is 4.74 Å². The molecule has 0 N–H and O–H groups in total. The lowest BCUT2D eigenvalue weighted by atomic mass is 9.98. The van der Waals surface area contributed by atoms with Crippen molar-refractivity contribution in [2.24, 2.45) is 5.92 Å². The average molecular weight is 382 g/mol. The standard InChI is InChI=1S/C18H26N2O5S/c1-24-16-4-6-17(7-5-16)26(22,23)20-10-8-19(9-11-20)18(21)13-15-3-2-12-25-14-15/h4-7,15H,2-3,8-14H2,1H3. The van der Waals surface area contributed by atoms with E-state index in [1.165, 1.54) is 4.31 Å². The van der Waals surface area contributed by atoms with Gasteiger partial charge in [-0.25, -0.2) is 8.42 Å². The number of hydrogen-bond donors (Lipinski definition) is 0. The maximum absolute atomic E-state index is 12.7. The van der Waals surface area contributed by atoms with E-state index in [1.807, 2.05) is 0 Å². The van der Waals surface area contributed by atoms with Crippen molar-refractivity contribution in [3.05, 3.63) is 24.3 Å². The van der Waals surface area contributed by atoms with Crippen LogP contribution in [0.15, 0.2) is 29.2 Å². The normalized spacial score (nSPS) is 22.2. The van der Waals surface area contributed by atoms with Gasteiger partial charge in [0.25, 0.3) is 0 Å². The number of carbonyl (C=O) groups excluding carboxylic acids is 1. The number of sulfonamides is 1. The Morgan fingerprint density at radius 2 is 1.88 bits per heavy atom. The molecular weight excluding hydrogens is 356 g/mol. The Kier molecular flexibility index (Phi) is 6.16. The van der Waals surface area contributed by atoms with Crippen LogP contribution in [0, 0.1) is 5.92 Å². The number of hydrogen-bond acceptors (Lipinski definition) is 5. The zero-order valence-corrected chi connectivity index (χ0v) is 15.9. The molecule has 1 amide bonds. The smallest absolute Gasteiger partial charge is 0.243 e. The summed E-state index contributed by atoms with van der Waals surface area (Å²) < 4.78 is 37.4. The SMILES string of the molecule is COc1ccc(S(=O)(=O)N2CCN(C(=O)CC3CCCOC3)CC2)cc1. The van der Waals surface area contributed by atoms with Crippen LogP contribution in [0.1, 0.15) is 19.3 Å². The molecular formula is C18H26N2O5S. The second-order valence-electron chi connectivity index (χ2n) is 6.75. The van der Waals surface area contributed by atoms with E-state index >= 15 is 0 Å². The fourth-order valence-electron chi connectivity index (χ4n) is 3.42. The Morgan fingerprint density at radius 3 is 2.46 bits per heavy atom. The van der Waals surface area contributed by atoms with Crippen LogP contribution in [0.3, 0.4) is 0 Å². The van der Waals surface area contributed by atoms with Crippen molar-refractivity contribution in [1.82, 2.24) is 9.21 Å². The molecule has 144 valence electrons. The van der Waals surface area contributed by atoms with Gasteiger partial charge in [0.05, 0.1) is 12.0 Å². The lowest BCUT2D eigenvalue weighted by molar-refractivity contribution is -0.134. The number of ether oxygens (including phenoxy) is 2. The van der Waals surface area contributed by atoms with Crippen molar-refractivity contribution in [2.45, 2.75) is 24.2 Å². The summed E-state index contributed by atoms with van der Waals surface area (Å²) in [6, 6.07) is 6.38. The van der Waals surface area contributed by atoms with Gasteiger partial charge in [0.1, 0.15) is 5.75 Å². The number of amides is 1. The number of nitrogens with zero attached hydrogens (tertiary/aromatic N) is 2. The lowest BCUT2D eigenvalue weighted by Gasteiger charge is -2.35. The third-order valence-corrected chi connectivity index (χ3v) is 6.92. The molecule has 2 saturated heterocycles. The fourth-order valence-corrected chi connectivity index (χ4v) is 4.84. The molecule has 0 aliphatic carbocycles. The molecule has 2 aliphatic heterocycles. The van der Waals surface area contributed by atoms with E-state index in [4.69, 9.17) is 9.47 Å². The van der Waals surface area contributed by atoms with Crippen molar-refractivity contribution in [3.63, 3.8) is 0 Å². The largest absolute Gasteiger partial charge is 0.497 e. The summed E-state index contributed by atoms with van der Waals surface area (Å²) in [4.78, 5) is 14.5. The third-order valence-electron chi connectivity index (χ3n) is 5.01. The molecule has 1 aromatic carbocycles. The fraction of sp³-hybridized carbons (Fsp3) is 0.611. The van der Waals surface area contributed by atoms with Gasteiger partial charge in [-0.1, -0.05) is 0 Å². The van der Waals surface area contributed by atoms with Crippen LogP contribution in [0.2, 0.25) is 0 Å². The Balaban J connectivity index is 1.55. The highest BCUT2D eigenvalue weighted by Gasteiger charge is 2.31. The van der Waals surface area contributed by atoms with E-state index in [0.717, 1.165) is 19.4 Å². The van der Waals surface area contributed by atoms with Crippen molar-refractivity contribution < 1.29 is 22.7 Å². The van der Waals surface area contributed by atoms with Crippen LogP contribution in [0.25, 0.3) is 0 Å².